The molecule has 1 aliphatic rings. The van der Waals surface area contributed by atoms with Gasteiger partial charge in [-0.05, 0) is 38.5 Å². The number of hydrogen-bond acceptors (Lipinski definition) is 9. The van der Waals surface area contributed by atoms with E-state index in [-0.39, 0.29) is 22.2 Å². The van der Waals surface area contributed by atoms with E-state index in [0.717, 1.165) is 15.8 Å². The molecule has 1 aromatic carbocycles. The number of Topliss-reactive ketones (excluding diaryl/α,β-unsaturated/α-hetero) is 1. The van der Waals surface area contributed by atoms with Crippen LogP contribution in [0.3, 0.4) is 0 Å². The Morgan fingerprint density at radius 2 is 1.80 bits per heavy atom. The van der Waals surface area contributed by atoms with Crippen molar-refractivity contribution in [1.29, 1.82) is 0 Å². The zero-order chi connectivity index (χ0) is 25.4. The number of amides is 1. The van der Waals surface area contributed by atoms with Gasteiger partial charge in [-0.25, -0.2) is 14.8 Å². The third kappa shape index (κ3) is 4.58. The summed E-state index contributed by atoms with van der Waals surface area (Å²) < 4.78 is 5.93. The molecule has 1 unspecified atom stereocenters. The van der Waals surface area contributed by atoms with Crippen LogP contribution >= 0.6 is 38.6 Å². The van der Waals surface area contributed by atoms with Crippen molar-refractivity contribution in [2.24, 2.45) is 0 Å². The molecule has 1 aliphatic heterocycles. The number of carbonyl (C=O) groups excluding carboxylic acids is 3. The number of ether oxygens (including phenoxy) is 1. The van der Waals surface area contributed by atoms with Crippen LogP contribution < -0.4 is 4.90 Å². The molecule has 1 atom stereocenters. The molecular formula is C24H20BrN3O5S2. The molecule has 11 heteroatoms. The molecule has 4 rings (SSSR count). The maximum absolute atomic E-state index is 13.6. The molecular weight excluding hydrogens is 554 g/mol. The Morgan fingerprint density at radius 1 is 1.14 bits per heavy atom. The maximum Gasteiger partial charge on any atom is 0.350 e. The second kappa shape index (κ2) is 9.84. The lowest BCUT2D eigenvalue weighted by Gasteiger charge is -2.24. The standard InChI is InChI=1S/C24H20BrN3O5S2/c1-5-10-33-23(32)21-12(3)27-24(35-21)28-17(14-6-8-15(25)9-7-14)16(19(30)22(28)31)18(29)20-11(2)26-13(4)34-20/h5-9,17,30H,1,10H2,2-4H3. The normalized spacial score (nSPS) is 15.6. The van der Waals surface area contributed by atoms with Gasteiger partial charge in [-0.15, -0.1) is 11.3 Å². The zero-order valence-corrected chi connectivity index (χ0v) is 22.2. The molecule has 0 saturated carbocycles. The number of aryl methyl sites for hydroxylation is 3. The van der Waals surface area contributed by atoms with Crippen molar-refractivity contribution >= 4 is 61.4 Å². The van der Waals surface area contributed by atoms with Gasteiger partial charge in [0.25, 0.3) is 5.91 Å². The van der Waals surface area contributed by atoms with E-state index < -0.39 is 29.5 Å². The summed E-state index contributed by atoms with van der Waals surface area (Å²) in [6.45, 7) is 8.68. The first-order valence-electron chi connectivity index (χ1n) is 10.4. The van der Waals surface area contributed by atoms with E-state index in [1.807, 2.05) is 0 Å². The Hall–Kier alpha value is -3.15. The lowest BCUT2D eigenvalue weighted by molar-refractivity contribution is -0.117. The van der Waals surface area contributed by atoms with E-state index in [0.29, 0.717) is 26.8 Å². The van der Waals surface area contributed by atoms with Gasteiger partial charge in [-0.3, -0.25) is 14.5 Å². The van der Waals surface area contributed by atoms with Crippen LogP contribution in [0, 0.1) is 20.8 Å². The summed E-state index contributed by atoms with van der Waals surface area (Å²) in [7, 11) is 0. The highest BCUT2D eigenvalue weighted by molar-refractivity contribution is 9.10. The highest BCUT2D eigenvalue weighted by Crippen LogP contribution is 2.44. The number of ketones is 1. The van der Waals surface area contributed by atoms with Crippen LogP contribution in [0.1, 0.15) is 47.3 Å². The summed E-state index contributed by atoms with van der Waals surface area (Å²) in [6.07, 6.45) is 1.45. The molecule has 0 fully saturated rings. The van der Waals surface area contributed by atoms with Crippen LogP contribution in [0.25, 0.3) is 0 Å². The Bertz CT molecular complexity index is 1390. The highest BCUT2D eigenvalue weighted by Gasteiger charge is 2.46. The van der Waals surface area contributed by atoms with Crippen molar-refractivity contribution in [3.05, 3.63) is 84.4 Å². The maximum atomic E-state index is 13.6. The number of aliphatic hydroxyl groups is 1. The third-order valence-electron chi connectivity index (χ3n) is 5.26. The van der Waals surface area contributed by atoms with Gasteiger partial charge in [0, 0.05) is 4.47 Å². The molecule has 1 amide bonds. The fourth-order valence-corrected chi connectivity index (χ4v) is 5.86. The van der Waals surface area contributed by atoms with Gasteiger partial charge in [0.2, 0.25) is 5.78 Å². The average Bonchev–Trinajstić information content (AvgIpc) is 3.45. The minimum Gasteiger partial charge on any atom is -0.503 e. The Kier molecular flexibility index (Phi) is 7.02. The number of thiazole rings is 2. The second-order valence-corrected chi connectivity index (χ2v) is 10.8. The van der Waals surface area contributed by atoms with Gasteiger partial charge in [0.1, 0.15) is 11.5 Å². The second-order valence-electron chi connectivity index (χ2n) is 7.67. The molecule has 3 aromatic rings. The molecule has 0 radical (unpaired) electrons. The number of benzene rings is 1. The molecule has 35 heavy (non-hydrogen) atoms. The Morgan fingerprint density at radius 3 is 2.40 bits per heavy atom. The predicted octanol–water partition coefficient (Wildman–Crippen LogP) is 5.41. The van der Waals surface area contributed by atoms with E-state index in [4.69, 9.17) is 4.74 Å². The Balaban J connectivity index is 1.84. The fraction of sp³-hybridized carbons (Fsp3) is 0.208. The summed E-state index contributed by atoms with van der Waals surface area (Å²) >= 11 is 5.55. The van der Waals surface area contributed by atoms with Gasteiger partial charge in [0.05, 0.1) is 32.9 Å². The van der Waals surface area contributed by atoms with Crippen molar-refractivity contribution in [3.8, 4) is 0 Å². The van der Waals surface area contributed by atoms with Crippen molar-refractivity contribution < 1.29 is 24.2 Å². The topological polar surface area (TPSA) is 110 Å². The number of halogens is 1. The minimum atomic E-state index is -0.951. The van der Waals surface area contributed by atoms with Gasteiger partial charge in [-0.2, -0.15) is 0 Å². The minimum absolute atomic E-state index is 0.0320. The number of carbonyl (C=O) groups is 3. The first-order valence-corrected chi connectivity index (χ1v) is 12.8. The number of rotatable bonds is 7. The average molecular weight is 574 g/mol. The quantitative estimate of drug-likeness (QED) is 0.228. The lowest BCUT2D eigenvalue weighted by atomic mass is 9.95. The van der Waals surface area contributed by atoms with E-state index in [9.17, 15) is 19.5 Å². The van der Waals surface area contributed by atoms with Crippen molar-refractivity contribution in [2.45, 2.75) is 26.8 Å². The predicted molar refractivity (Wildman–Crippen MR) is 137 cm³/mol. The highest BCUT2D eigenvalue weighted by atomic mass is 79.9. The van der Waals surface area contributed by atoms with Crippen LogP contribution in [-0.4, -0.2) is 39.3 Å². The molecule has 0 spiro atoms. The molecule has 1 N–H and O–H groups in total. The Labute approximate surface area is 217 Å². The molecule has 2 aromatic heterocycles. The van der Waals surface area contributed by atoms with E-state index >= 15 is 0 Å². The van der Waals surface area contributed by atoms with Crippen LogP contribution in [0.15, 0.2) is 52.7 Å². The smallest absolute Gasteiger partial charge is 0.350 e. The summed E-state index contributed by atoms with van der Waals surface area (Å²) in [5, 5.41) is 11.8. The van der Waals surface area contributed by atoms with Gasteiger partial charge >= 0.3 is 5.97 Å². The van der Waals surface area contributed by atoms with Gasteiger partial charge in [0.15, 0.2) is 10.9 Å². The van der Waals surface area contributed by atoms with Crippen LogP contribution in [0.2, 0.25) is 0 Å². The summed E-state index contributed by atoms with van der Waals surface area (Å²) in [5.74, 6) is -2.51. The summed E-state index contributed by atoms with van der Waals surface area (Å²) in [6, 6.07) is 6.12. The number of nitrogens with zero attached hydrogens (tertiary/aromatic N) is 3. The number of anilines is 1. The van der Waals surface area contributed by atoms with Crippen molar-refractivity contribution in [3.63, 3.8) is 0 Å². The molecule has 180 valence electrons. The van der Waals surface area contributed by atoms with E-state index in [1.54, 1.807) is 45.0 Å². The third-order valence-corrected chi connectivity index (χ3v) is 7.99. The van der Waals surface area contributed by atoms with Crippen molar-refractivity contribution in [2.75, 3.05) is 11.5 Å². The fourth-order valence-electron chi connectivity index (χ4n) is 3.73. The number of esters is 1. The van der Waals surface area contributed by atoms with Gasteiger partial charge < -0.3 is 9.84 Å². The summed E-state index contributed by atoms with van der Waals surface area (Å²) in [4.78, 5) is 50.0. The SMILES string of the molecule is C=CCOC(=O)c1sc(N2C(=O)C(O)=C(C(=O)c3sc(C)nc3C)C2c2ccc(Br)cc2)nc1C. The first kappa shape index (κ1) is 25.0. The molecule has 3 heterocycles. The summed E-state index contributed by atoms with van der Waals surface area (Å²) in [5.41, 5.74) is 1.43. The molecule has 8 nitrogen and oxygen atoms in total. The molecule has 0 saturated heterocycles. The zero-order valence-electron chi connectivity index (χ0n) is 19.0. The molecule has 0 aliphatic carbocycles. The number of hydrogen-bond donors (Lipinski definition) is 1. The monoisotopic (exact) mass is 573 g/mol. The number of aliphatic hydroxyl groups excluding tert-OH is 1. The van der Waals surface area contributed by atoms with E-state index in [2.05, 4.69) is 32.5 Å². The van der Waals surface area contributed by atoms with Crippen LogP contribution in [0.5, 0.6) is 0 Å². The lowest BCUT2D eigenvalue weighted by Crippen LogP contribution is -2.31. The number of aromatic nitrogens is 2. The largest absolute Gasteiger partial charge is 0.503 e. The van der Waals surface area contributed by atoms with Crippen LogP contribution in [-0.2, 0) is 9.53 Å². The molecule has 0 bridgehead atoms. The van der Waals surface area contributed by atoms with Gasteiger partial charge in [-0.1, -0.05) is 52.1 Å². The van der Waals surface area contributed by atoms with Crippen LogP contribution in [0.4, 0.5) is 5.13 Å². The first-order chi connectivity index (χ1) is 16.6. The van der Waals surface area contributed by atoms with E-state index in [1.165, 1.54) is 22.3 Å². The van der Waals surface area contributed by atoms with Crippen molar-refractivity contribution in [1.82, 2.24) is 9.97 Å².